The van der Waals surface area contributed by atoms with E-state index in [2.05, 4.69) is 4.98 Å². The minimum atomic E-state index is -0.929. The minimum absolute atomic E-state index is 0.0975. The summed E-state index contributed by atoms with van der Waals surface area (Å²) in [7, 11) is 0. The van der Waals surface area contributed by atoms with Gasteiger partial charge in [-0.05, 0) is 31.0 Å². The van der Waals surface area contributed by atoms with Crippen molar-refractivity contribution in [1.82, 2.24) is 4.98 Å². The van der Waals surface area contributed by atoms with Crippen LogP contribution in [0.5, 0.6) is 0 Å². The second-order valence-electron chi connectivity index (χ2n) is 6.96. The predicted molar refractivity (Wildman–Crippen MR) is 111 cm³/mol. The largest absolute Gasteiger partial charge is 0.481 e. The Morgan fingerprint density at radius 3 is 2.45 bits per heavy atom. The number of aromatic nitrogens is 1. The maximum atomic E-state index is 12.9. The van der Waals surface area contributed by atoms with Gasteiger partial charge in [-0.25, -0.2) is 4.98 Å². The average Bonchev–Trinajstić information content (AvgIpc) is 3.14. The van der Waals surface area contributed by atoms with Crippen molar-refractivity contribution >= 4 is 39.7 Å². The Hall–Kier alpha value is -3.32. The zero-order valence-electron chi connectivity index (χ0n) is 15.9. The Labute approximate surface area is 171 Å². The van der Waals surface area contributed by atoms with E-state index >= 15 is 0 Å². The highest BCUT2D eigenvalue weighted by Gasteiger charge is 2.34. The van der Waals surface area contributed by atoms with E-state index in [1.807, 2.05) is 32.0 Å². The van der Waals surface area contributed by atoms with Gasteiger partial charge in [-0.3, -0.25) is 14.4 Å². The number of nitrogens with zero attached hydrogens (tertiary/aromatic N) is 2. The van der Waals surface area contributed by atoms with Crippen LogP contribution in [-0.4, -0.2) is 34.2 Å². The van der Waals surface area contributed by atoms with Crippen molar-refractivity contribution < 1.29 is 19.5 Å². The molecule has 1 aromatic heterocycles. The second-order valence-corrected chi connectivity index (χ2v) is 7.94. The van der Waals surface area contributed by atoms with Gasteiger partial charge in [0.2, 0.25) is 11.6 Å². The smallest absolute Gasteiger partial charge is 0.305 e. The van der Waals surface area contributed by atoms with E-state index in [9.17, 15) is 19.5 Å². The normalized spacial score (nSPS) is 12.5. The highest BCUT2D eigenvalue weighted by atomic mass is 32.1. The van der Waals surface area contributed by atoms with Crippen molar-refractivity contribution in [3.05, 3.63) is 75.3 Å². The average molecular weight is 406 g/mol. The van der Waals surface area contributed by atoms with Crippen LogP contribution in [-0.2, 0) is 4.79 Å². The lowest BCUT2D eigenvalue weighted by molar-refractivity contribution is -0.136. The van der Waals surface area contributed by atoms with Gasteiger partial charge in [0.25, 0.3) is 0 Å². The molecular formula is C22H18N2O4S. The first-order chi connectivity index (χ1) is 13.9. The molecule has 1 aliphatic carbocycles. The lowest BCUT2D eigenvalue weighted by Gasteiger charge is -2.23. The fraction of sp³-hybridized carbons (Fsp3) is 0.182. The first kappa shape index (κ1) is 19.0. The first-order valence-corrected chi connectivity index (χ1v) is 9.94. The Balaban J connectivity index is 1.83. The molecule has 2 aromatic carbocycles. The number of anilines is 2. The van der Waals surface area contributed by atoms with Crippen LogP contribution in [0.2, 0.25) is 0 Å². The third kappa shape index (κ3) is 3.34. The fourth-order valence-corrected chi connectivity index (χ4v) is 4.45. The summed E-state index contributed by atoms with van der Waals surface area (Å²) in [5, 5.41) is 9.64. The zero-order chi connectivity index (χ0) is 20.7. The van der Waals surface area contributed by atoms with Gasteiger partial charge in [0.05, 0.1) is 6.42 Å². The highest BCUT2D eigenvalue weighted by Crippen LogP contribution is 2.38. The van der Waals surface area contributed by atoms with Gasteiger partial charge in [-0.1, -0.05) is 47.7 Å². The van der Waals surface area contributed by atoms with E-state index in [0.717, 1.165) is 28.2 Å². The lowest BCUT2D eigenvalue weighted by atomic mass is 9.91. The quantitative estimate of drug-likeness (QED) is 0.536. The van der Waals surface area contributed by atoms with Gasteiger partial charge in [0, 0.05) is 23.4 Å². The van der Waals surface area contributed by atoms with Gasteiger partial charge in [0.15, 0.2) is 5.13 Å². The standard InChI is InChI=1S/C22H18N2O4S/c1-12-7-8-13(2)16(11-12)24(10-9-17(25)26)22-23-18-19(27)14-5-3-4-6-15(14)20(28)21(18)29-22/h3-8,11H,9-10H2,1-2H3,(H,25,26). The number of hydrogen-bond donors (Lipinski definition) is 1. The van der Waals surface area contributed by atoms with Gasteiger partial charge in [-0.15, -0.1) is 0 Å². The number of ketones is 2. The monoisotopic (exact) mass is 406 g/mol. The molecule has 0 amide bonds. The number of carboxylic acids is 1. The number of thiazole rings is 1. The summed E-state index contributed by atoms with van der Waals surface area (Å²) in [4.78, 5) is 43.6. The molecule has 1 N–H and O–H groups in total. The molecule has 0 fully saturated rings. The molecule has 6 nitrogen and oxygen atoms in total. The third-order valence-electron chi connectivity index (χ3n) is 4.89. The topological polar surface area (TPSA) is 87.6 Å². The molecule has 0 spiro atoms. The molecule has 7 heteroatoms. The van der Waals surface area contributed by atoms with Gasteiger partial charge >= 0.3 is 5.97 Å². The molecule has 0 saturated heterocycles. The Kier molecular flexibility index (Phi) is 4.76. The van der Waals surface area contributed by atoms with E-state index in [0.29, 0.717) is 21.1 Å². The number of aliphatic carboxylic acids is 1. The van der Waals surface area contributed by atoms with Crippen molar-refractivity contribution in [2.45, 2.75) is 20.3 Å². The van der Waals surface area contributed by atoms with Crippen LogP contribution in [0.1, 0.15) is 48.8 Å². The second kappa shape index (κ2) is 7.25. The number of carboxylic acid groups (broad SMARTS) is 1. The summed E-state index contributed by atoms with van der Waals surface area (Å²) < 4.78 is 0. The number of hydrogen-bond acceptors (Lipinski definition) is 6. The Morgan fingerprint density at radius 2 is 1.76 bits per heavy atom. The van der Waals surface area contributed by atoms with E-state index in [1.165, 1.54) is 0 Å². The van der Waals surface area contributed by atoms with E-state index < -0.39 is 5.97 Å². The van der Waals surface area contributed by atoms with E-state index in [4.69, 9.17) is 0 Å². The van der Waals surface area contributed by atoms with Gasteiger partial charge < -0.3 is 10.0 Å². The summed E-state index contributed by atoms with van der Waals surface area (Å²) >= 11 is 1.13. The summed E-state index contributed by atoms with van der Waals surface area (Å²) in [5.74, 6) is -1.43. The predicted octanol–water partition coefficient (Wildman–Crippen LogP) is 4.15. The van der Waals surface area contributed by atoms with Crippen molar-refractivity contribution in [2.24, 2.45) is 0 Å². The summed E-state index contributed by atoms with van der Waals surface area (Å²) in [6.07, 6.45) is -0.0975. The number of carbonyl (C=O) groups is 3. The van der Waals surface area contributed by atoms with Crippen molar-refractivity contribution in [3.8, 4) is 0 Å². The number of aryl methyl sites for hydroxylation is 2. The van der Waals surface area contributed by atoms with Crippen molar-refractivity contribution in [1.29, 1.82) is 0 Å². The van der Waals surface area contributed by atoms with Crippen molar-refractivity contribution in [3.63, 3.8) is 0 Å². The Bertz CT molecular complexity index is 1110. The van der Waals surface area contributed by atoms with Crippen LogP contribution >= 0.6 is 11.3 Å². The third-order valence-corrected chi connectivity index (χ3v) is 5.97. The van der Waals surface area contributed by atoms with Gasteiger partial charge in [-0.2, -0.15) is 0 Å². The lowest BCUT2D eigenvalue weighted by Crippen LogP contribution is -2.22. The molecule has 0 atom stereocenters. The molecule has 4 rings (SSSR count). The van der Waals surface area contributed by atoms with Crippen LogP contribution in [0.15, 0.2) is 42.5 Å². The highest BCUT2D eigenvalue weighted by molar-refractivity contribution is 7.18. The van der Waals surface area contributed by atoms with Crippen LogP contribution in [0.3, 0.4) is 0 Å². The van der Waals surface area contributed by atoms with Crippen LogP contribution in [0, 0.1) is 13.8 Å². The molecule has 0 saturated carbocycles. The Morgan fingerprint density at radius 1 is 1.07 bits per heavy atom. The number of fused-ring (bicyclic) bond motifs is 2. The maximum absolute atomic E-state index is 12.9. The molecular weight excluding hydrogens is 388 g/mol. The zero-order valence-corrected chi connectivity index (χ0v) is 16.7. The maximum Gasteiger partial charge on any atom is 0.305 e. The number of rotatable bonds is 5. The summed E-state index contributed by atoms with van der Waals surface area (Å²) in [6, 6.07) is 12.6. The molecule has 1 heterocycles. The SMILES string of the molecule is Cc1ccc(C)c(N(CCC(=O)O)c2nc3c(s2)C(=O)c2ccccc2C3=O)c1. The molecule has 1 aliphatic rings. The number of carbonyl (C=O) groups excluding carboxylic acids is 2. The molecule has 0 radical (unpaired) electrons. The van der Waals surface area contributed by atoms with Crippen LogP contribution in [0.4, 0.5) is 10.8 Å². The van der Waals surface area contributed by atoms with Crippen molar-refractivity contribution in [2.75, 3.05) is 11.4 Å². The van der Waals surface area contributed by atoms with Crippen LogP contribution < -0.4 is 4.90 Å². The summed E-state index contributed by atoms with van der Waals surface area (Å²) in [5.41, 5.74) is 3.66. The van der Waals surface area contributed by atoms with Crippen LogP contribution in [0.25, 0.3) is 0 Å². The van der Waals surface area contributed by atoms with E-state index in [-0.39, 0.29) is 30.2 Å². The molecule has 146 valence electrons. The first-order valence-electron chi connectivity index (χ1n) is 9.12. The van der Waals surface area contributed by atoms with E-state index in [1.54, 1.807) is 29.2 Å². The minimum Gasteiger partial charge on any atom is -0.481 e. The molecule has 3 aromatic rings. The molecule has 0 unspecified atom stereocenters. The molecule has 0 bridgehead atoms. The molecule has 0 aliphatic heterocycles. The number of benzene rings is 2. The van der Waals surface area contributed by atoms with Gasteiger partial charge in [0.1, 0.15) is 10.6 Å². The summed E-state index contributed by atoms with van der Waals surface area (Å²) in [6.45, 7) is 4.07. The fourth-order valence-electron chi connectivity index (χ4n) is 3.40. The molecule has 29 heavy (non-hydrogen) atoms.